The monoisotopic (exact) mass is 309 g/mol. The zero-order valence-electron chi connectivity index (χ0n) is 13.7. The molecule has 0 spiro atoms. The highest BCUT2D eigenvalue weighted by Crippen LogP contribution is 2.23. The van der Waals surface area contributed by atoms with Crippen LogP contribution in [-0.4, -0.2) is 10.9 Å². The molecule has 118 valence electrons. The Hall–Kier alpha value is -2.87. The Morgan fingerprint density at radius 2 is 1.96 bits per heavy atom. The fourth-order valence-corrected chi connectivity index (χ4v) is 1.75. The van der Waals surface area contributed by atoms with E-state index in [2.05, 4.69) is 10.3 Å². The normalized spacial score (nSPS) is 10.7. The summed E-state index contributed by atoms with van der Waals surface area (Å²) in [5.41, 5.74) is 1.77. The van der Waals surface area contributed by atoms with Crippen molar-refractivity contribution in [3.8, 4) is 17.7 Å². The molecule has 0 bridgehead atoms. The van der Waals surface area contributed by atoms with Crippen molar-refractivity contribution in [2.45, 2.75) is 27.7 Å². The first-order valence-corrected chi connectivity index (χ1v) is 7.26. The summed E-state index contributed by atoms with van der Waals surface area (Å²) < 4.78 is 5.69. The molecule has 0 aliphatic carbocycles. The molecule has 0 aliphatic heterocycles. The standard InChI is InChI=1S/C18H19N3O2/c1-12-5-7-15(9-13(12)2)23-16-8-6-14(10-20-16)21-17(22)18(3,4)11-19/h5-10H,1-4H3,(H,21,22). The Morgan fingerprint density at radius 1 is 1.22 bits per heavy atom. The molecule has 0 saturated carbocycles. The lowest BCUT2D eigenvalue weighted by atomic mass is 9.95. The van der Waals surface area contributed by atoms with E-state index in [1.165, 1.54) is 11.8 Å². The van der Waals surface area contributed by atoms with Gasteiger partial charge < -0.3 is 10.1 Å². The molecular weight excluding hydrogens is 290 g/mol. The van der Waals surface area contributed by atoms with Gasteiger partial charge in [0, 0.05) is 6.07 Å². The second-order valence-electron chi connectivity index (χ2n) is 5.92. The number of nitrogens with one attached hydrogen (secondary N) is 1. The molecule has 0 radical (unpaired) electrons. The minimum Gasteiger partial charge on any atom is -0.439 e. The number of anilines is 1. The molecule has 23 heavy (non-hydrogen) atoms. The fraction of sp³-hybridized carbons (Fsp3) is 0.278. The third-order valence-corrected chi connectivity index (χ3v) is 3.54. The van der Waals surface area contributed by atoms with E-state index in [9.17, 15) is 4.79 Å². The number of benzene rings is 1. The second kappa shape index (κ2) is 6.49. The molecule has 5 nitrogen and oxygen atoms in total. The number of hydrogen-bond acceptors (Lipinski definition) is 4. The first-order chi connectivity index (χ1) is 10.8. The highest BCUT2D eigenvalue weighted by atomic mass is 16.5. The number of aromatic nitrogens is 1. The Balaban J connectivity index is 2.06. The quantitative estimate of drug-likeness (QED) is 0.927. The summed E-state index contributed by atoms with van der Waals surface area (Å²) in [7, 11) is 0. The van der Waals surface area contributed by atoms with Crippen LogP contribution in [0.2, 0.25) is 0 Å². The van der Waals surface area contributed by atoms with Crippen molar-refractivity contribution in [1.82, 2.24) is 4.98 Å². The van der Waals surface area contributed by atoms with Gasteiger partial charge in [-0.2, -0.15) is 5.26 Å². The molecule has 1 aromatic carbocycles. The van der Waals surface area contributed by atoms with Crippen LogP contribution in [0.5, 0.6) is 11.6 Å². The molecule has 0 atom stereocenters. The highest BCUT2D eigenvalue weighted by Gasteiger charge is 2.27. The average Bonchev–Trinajstić information content (AvgIpc) is 2.52. The molecule has 0 fully saturated rings. The average molecular weight is 309 g/mol. The van der Waals surface area contributed by atoms with Crippen LogP contribution in [0.4, 0.5) is 5.69 Å². The Bertz CT molecular complexity index is 759. The van der Waals surface area contributed by atoms with Gasteiger partial charge in [-0.05, 0) is 57.0 Å². The fourth-order valence-electron chi connectivity index (χ4n) is 1.75. The molecule has 1 amide bonds. The molecule has 1 heterocycles. The number of nitrogens with zero attached hydrogens (tertiary/aromatic N) is 2. The summed E-state index contributed by atoms with van der Waals surface area (Å²) in [6.07, 6.45) is 1.50. The van der Waals surface area contributed by atoms with E-state index in [1.807, 2.05) is 38.1 Å². The summed E-state index contributed by atoms with van der Waals surface area (Å²) in [5, 5.41) is 11.6. The number of carbonyl (C=O) groups excluding carboxylic acids is 1. The van der Waals surface area contributed by atoms with Crippen LogP contribution in [0.1, 0.15) is 25.0 Å². The van der Waals surface area contributed by atoms with E-state index in [1.54, 1.807) is 26.0 Å². The van der Waals surface area contributed by atoms with Crippen molar-refractivity contribution in [3.05, 3.63) is 47.7 Å². The Morgan fingerprint density at radius 3 is 2.52 bits per heavy atom. The number of nitriles is 1. The van der Waals surface area contributed by atoms with Gasteiger partial charge in [0.25, 0.3) is 0 Å². The lowest BCUT2D eigenvalue weighted by Gasteiger charge is -2.15. The van der Waals surface area contributed by atoms with Gasteiger partial charge in [-0.25, -0.2) is 4.98 Å². The molecular formula is C18H19N3O2. The Kier molecular flexibility index (Phi) is 4.65. The van der Waals surface area contributed by atoms with E-state index >= 15 is 0 Å². The number of aryl methyl sites for hydroxylation is 2. The number of carbonyl (C=O) groups is 1. The zero-order valence-corrected chi connectivity index (χ0v) is 13.7. The van der Waals surface area contributed by atoms with Crippen LogP contribution in [0.3, 0.4) is 0 Å². The topological polar surface area (TPSA) is 75.0 Å². The molecule has 1 N–H and O–H groups in total. The lowest BCUT2D eigenvalue weighted by molar-refractivity contribution is -0.121. The largest absolute Gasteiger partial charge is 0.439 e. The number of pyridine rings is 1. The van der Waals surface area contributed by atoms with Crippen LogP contribution in [-0.2, 0) is 4.79 Å². The van der Waals surface area contributed by atoms with Gasteiger partial charge in [0.05, 0.1) is 18.0 Å². The van der Waals surface area contributed by atoms with Gasteiger partial charge in [-0.3, -0.25) is 4.79 Å². The zero-order chi connectivity index (χ0) is 17.0. The van der Waals surface area contributed by atoms with E-state index in [0.29, 0.717) is 17.3 Å². The summed E-state index contributed by atoms with van der Waals surface area (Å²) >= 11 is 0. The van der Waals surface area contributed by atoms with E-state index in [4.69, 9.17) is 10.00 Å². The SMILES string of the molecule is Cc1ccc(Oc2ccc(NC(=O)C(C)(C)C#N)cn2)cc1C. The minimum atomic E-state index is -1.09. The smallest absolute Gasteiger partial charge is 0.244 e. The van der Waals surface area contributed by atoms with Crippen molar-refractivity contribution in [2.75, 3.05) is 5.32 Å². The van der Waals surface area contributed by atoms with Crippen molar-refractivity contribution in [3.63, 3.8) is 0 Å². The van der Waals surface area contributed by atoms with Crippen molar-refractivity contribution in [2.24, 2.45) is 5.41 Å². The first kappa shape index (κ1) is 16.5. The second-order valence-corrected chi connectivity index (χ2v) is 5.92. The lowest BCUT2D eigenvalue weighted by Crippen LogP contribution is -2.29. The maximum absolute atomic E-state index is 11.9. The van der Waals surface area contributed by atoms with E-state index < -0.39 is 5.41 Å². The van der Waals surface area contributed by atoms with Crippen molar-refractivity contribution >= 4 is 11.6 Å². The van der Waals surface area contributed by atoms with Gasteiger partial charge in [-0.1, -0.05) is 6.07 Å². The first-order valence-electron chi connectivity index (χ1n) is 7.26. The minimum absolute atomic E-state index is 0.371. The summed E-state index contributed by atoms with van der Waals surface area (Å²) in [4.78, 5) is 16.1. The van der Waals surface area contributed by atoms with Gasteiger partial charge in [-0.15, -0.1) is 0 Å². The summed E-state index contributed by atoms with van der Waals surface area (Å²) in [5.74, 6) is 0.776. The molecule has 0 aliphatic rings. The maximum atomic E-state index is 11.9. The van der Waals surface area contributed by atoms with Gasteiger partial charge >= 0.3 is 0 Å². The number of amides is 1. The predicted octanol–water partition coefficient (Wildman–Crippen LogP) is 3.98. The number of ether oxygens (including phenoxy) is 1. The van der Waals surface area contributed by atoms with Crippen LogP contribution in [0.15, 0.2) is 36.5 Å². The van der Waals surface area contributed by atoms with E-state index in [-0.39, 0.29) is 5.91 Å². The molecule has 2 aromatic rings. The van der Waals surface area contributed by atoms with Crippen LogP contribution in [0, 0.1) is 30.6 Å². The molecule has 2 rings (SSSR count). The summed E-state index contributed by atoms with van der Waals surface area (Å²) in [6, 6.07) is 11.1. The van der Waals surface area contributed by atoms with Crippen molar-refractivity contribution in [1.29, 1.82) is 5.26 Å². The van der Waals surface area contributed by atoms with E-state index in [0.717, 1.165) is 5.56 Å². The molecule has 0 unspecified atom stereocenters. The van der Waals surface area contributed by atoms with Gasteiger partial charge in [0.1, 0.15) is 11.2 Å². The molecule has 1 aromatic heterocycles. The number of hydrogen-bond donors (Lipinski definition) is 1. The van der Waals surface area contributed by atoms with Crippen molar-refractivity contribution < 1.29 is 9.53 Å². The molecule has 0 saturated heterocycles. The third kappa shape index (κ3) is 4.07. The molecule has 5 heteroatoms. The maximum Gasteiger partial charge on any atom is 0.244 e. The van der Waals surface area contributed by atoms with Crippen LogP contribution >= 0.6 is 0 Å². The van der Waals surface area contributed by atoms with Gasteiger partial charge in [0.2, 0.25) is 11.8 Å². The third-order valence-electron chi connectivity index (χ3n) is 3.54. The highest BCUT2D eigenvalue weighted by molar-refractivity contribution is 5.96. The van der Waals surface area contributed by atoms with Crippen LogP contribution < -0.4 is 10.1 Å². The predicted molar refractivity (Wildman–Crippen MR) is 88.3 cm³/mol. The van der Waals surface area contributed by atoms with Crippen LogP contribution in [0.25, 0.3) is 0 Å². The van der Waals surface area contributed by atoms with Gasteiger partial charge in [0.15, 0.2) is 0 Å². The Labute approximate surface area is 135 Å². The number of rotatable bonds is 4. The summed E-state index contributed by atoms with van der Waals surface area (Å²) in [6.45, 7) is 7.18.